The number of nitrogens with zero attached hydrogens (tertiary/aromatic N) is 1. The summed E-state index contributed by atoms with van der Waals surface area (Å²) in [6.45, 7) is 4.59. The summed E-state index contributed by atoms with van der Waals surface area (Å²) in [7, 11) is 0. The molecule has 1 heterocycles. The molecule has 2 rings (SSSR count). The number of nitrogens with one attached hydrogen (secondary N) is 2. The quantitative estimate of drug-likeness (QED) is 0.486. The van der Waals surface area contributed by atoms with Gasteiger partial charge in [0, 0.05) is 30.4 Å². The van der Waals surface area contributed by atoms with Crippen LogP contribution in [0.5, 0.6) is 0 Å². The number of nitro groups is 1. The van der Waals surface area contributed by atoms with Gasteiger partial charge in [0.05, 0.1) is 4.92 Å². The van der Waals surface area contributed by atoms with Gasteiger partial charge in [-0.3, -0.25) is 10.1 Å². The molecule has 0 amide bonds. The van der Waals surface area contributed by atoms with Crippen molar-refractivity contribution in [3.8, 4) is 0 Å². The van der Waals surface area contributed by atoms with Crippen molar-refractivity contribution in [2.24, 2.45) is 0 Å². The number of hydrogen-bond donors (Lipinski definition) is 2. The Morgan fingerprint density at radius 1 is 1.47 bits per heavy atom. The summed E-state index contributed by atoms with van der Waals surface area (Å²) >= 11 is 0. The minimum Gasteiger partial charge on any atom is -0.384 e. The molecular weight excluding hydrogens is 242 g/mol. The molecule has 0 bridgehead atoms. The molecule has 102 valence electrons. The molecular formula is C14H19N3O2. The first-order valence-electron chi connectivity index (χ1n) is 6.55. The Bertz CT molecular complexity index is 497. The second-order valence-corrected chi connectivity index (χ2v) is 4.70. The SMILES string of the molecule is Cc1c(NCCC2=CCNCC2)cccc1[N+](=O)[O-]. The van der Waals surface area contributed by atoms with Crippen molar-refractivity contribution in [1.29, 1.82) is 0 Å². The van der Waals surface area contributed by atoms with E-state index in [1.165, 1.54) is 11.6 Å². The number of nitro benzene ring substituents is 1. The van der Waals surface area contributed by atoms with Crippen molar-refractivity contribution in [3.63, 3.8) is 0 Å². The minimum atomic E-state index is -0.337. The van der Waals surface area contributed by atoms with Crippen molar-refractivity contribution in [2.75, 3.05) is 25.0 Å². The largest absolute Gasteiger partial charge is 0.384 e. The summed E-state index contributed by atoms with van der Waals surface area (Å²) in [6, 6.07) is 5.15. The van der Waals surface area contributed by atoms with Crippen molar-refractivity contribution in [1.82, 2.24) is 5.32 Å². The van der Waals surface area contributed by atoms with Crippen LogP contribution in [0.25, 0.3) is 0 Å². The standard InChI is InChI=1S/C14H19N3O2/c1-11-13(3-2-4-14(11)17(18)19)16-10-7-12-5-8-15-9-6-12/h2-5,15-16H,6-10H2,1H3. The van der Waals surface area contributed by atoms with Crippen molar-refractivity contribution in [2.45, 2.75) is 19.8 Å². The van der Waals surface area contributed by atoms with Crippen LogP contribution in [0.2, 0.25) is 0 Å². The predicted molar refractivity (Wildman–Crippen MR) is 76.5 cm³/mol. The average molecular weight is 261 g/mol. The van der Waals surface area contributed by atoms with E-state index in [0.717, 1.165) is 38.2 Å². The molecule has 0 unspecified atom stereocenters. The number of anilines is 1. The lowest BCUT2D eigenvalue weighted by molar-refractivity contribution is -0.385. The van der Waals surface area contributed by atoms with Crippen LogP contribution in [0, 0.1) is 17.0 Å². The van der Waals surface area contributed by atoms with E-state index in [2.05, 4.69) is 16.7 Å². The fourth-order valence-corrected chi connectivity index (χ4v) is 2.27. The van der Waals surface area contributed by atoms with Crippen LogP contribution in [0.3, 0.4) is 0 Å². The summed E-state index contributed by atoms with van der Waals surface area (Å²) in [4.78, 5) is 10.5. The first-order valence-corrected chi connectivity index (χ1v) is 6.55. The smallest absolute Gasteiger partial charge is 0.274 e. The molecule has 1 aromatic rings. The van der Waals surface area contributed by atoms with E-state index in [9.17, 15) is 10.1 Å². The lowest BCUT2D eigenvalue weighted by Crippen LogP contribution is -2.21. The summed E-state index contributed by atoms with van der Waals surface area (Å²) in [6.07, 6.45) is 4.31. The lowest BCUT2D eigenvalue weighted by atomic mass is 10.1. The van der Waals surface area contributed by atoms with E-state index < -0.39 is 0 Å². The number of hydrogen-bond acceptors (Lipinski definition) is 4. The molecule has 0 saturated heterocycles. The van der Waals surface area contributed by atoms with Crippen molar-refractivity contribution in [3.05, 3.63) is 45.5 Å². The predicted octanol–water partition coefficient (Wildman–Crippen LogP) is 2.62. The van der Waals surface area contributed by atoms with Crippen molar-refractivity contribution < 1.29 is 4.92 Å². The third-order valence-electron chi connectivity index (χ3n) is 3.42. The van der Waals surface area contributed by atoms with E-state index in [0.29, 0.717) is 5.56 Å². The van der Waals surface area contributed by atoms with Crippen molar-refractivity contribution >= 4 is 11.4 Å². The highest BCUT2D eigenvalue weighted by molar-refractivity contribution is 5.59. The Morgan fingerprint density at radius 2 is 2.32 bits per heavy atom. The molecule has 0 aromatic heterocycles. The Hall–Kier alpha value is -1.88. The first kappa shape index (κ1) is 13.5. The summed E-state index contributed by atoms with van der Waals surface area (Å²) < 4.78 is 0. The van der Waals surface area contributed by atoms with Crippen LogP contribution >= 0.6 is 0 Å². The van der Waals surface area contributed by atoms with E-state index in [1.807, 2.05) is 6.07 Å². The zero-order chi connectivity index (χ0) is 13.7. The molecule has 0 fully saturated rings. The zero-order valence-corrected chi connectivity index (χ0v) is 11.1. The molecule has 0 radical (unpaired) electrons. The van der Waals surface area contributed by atoms with E-state index in [4.69, 9.17) is 0 Å². The number of rotatable bonds is 5. The van der Waals surface area contributed by atoms with Gasteiger partial charge in [0.25, 0.3) is 5.69 Å². The molecule has 2 N–H and O–H groups in total. The maximum Gasteiger partial charge on any atom is 0.274 e. The van der Waals surface area contributed by atoms with Gasteiger partial charge in [-0.05, 0) is 32.4 Å². The van der Waals surface area contributed by atoms with Gasteiger partial charge in [0.1, 0.15) is 0 Å². The molecule has 5 heteroatoms. The molecule has 0 aliphatic carbocycles. The van der Waals surface area contributed by atoms with Gasteiger partial charge in [0.2, 0.25) is 0 Å². The van der Waals surface area contributed by atoms with Crippen LogP contribution in [-0.2, 0) is 0 Å². The highest BCUT2D eigenvalue weighted by atomic mass is 16.6. The van der Waals surface area contributed by atoms with Crippen LogP contribution in [-0.4, -0.2) is 24.6 Å². The van der Waals surface area contributed by atoms with Crippen LogP contribution in [0.15, 0.2) is 29.8 Å². The maximum absolute atomic E-state index is 10.9. The fourth-order valence-electron chi connectivity index (χ4n) is 2.27. The molecule has 5 nitrogen and oxygen atoms in total. The summed E-state index contributed by atoms with van der Waals surface area (Å²) in [5.41, 5.74) is 3.18. The average Bonchev–Trinajstić information content (AvgIpc) is 2.41. The van der Waals surface area contributed by atoms with Crippen LogP contribution < -0.4 is 10.6 Å². The lowest BCUT2D eigenvalue weighted by Gasteiger charge is -2.15. The molecule has 1 aromatic carbocycles. The second kappa shape index (κ2) is 6.33. The normalized spacial score (nSPS) is 14.9. The third kappa shape index (κ3) is 3.54. The molecule has 1 aliphatic heterocycles. The van der Waals surface area contributed by atoms with Gasteiger partial charge in [-0.1, -0.05) is 17.7 Å². The maximum atomic E-state index is 10.9. The molecule has 0 spiro atoms. The summed E-state index contributed by atoms with van der Waals surface area (Å²) in [5, 5.41) is 17.4. The van der Waals surface area contributed by atoms with E-state index in [1.54, 1.807) is 13.0 Å². The van der Waals surface area contributed by atoms with Crippen LogP contribution in [0.1, 0.15) is 18.4 Å². The highest BCUT2D eigenvalue weighted by Crippen LogP contribution is 2.25. The van der Waals surface area contributed by atoms with Gasteiger partial charge >= 0.3 is 0 Å². The molecule has 0 saturated carbocycles. The first-order chi connectivity index (χ1) is 9.18. The van der Waals surface area contributed by atoms with Gasteiger partial charge in [-0.2, -0.15) is 0 Å². The van der Waals surface area contributed by atoms with Gasteiger partial charge in [-0.15, -0.1) is 0 Å². The van der Waals surface area contributed by atoms with Crippen LogP contribution in [0.4, 0.5) is 11.4 Å². The Kier molecular flexibility index (Phi) is 4.52. The Labute approximate surface area is 112 Å². The third-order valence-corrected chi connectivity index (χ3v) is 3.42. The highest BCUT2D eigenvalue weighted by Gasteiger charge is 2.12. The van der Waals surface area contributed by atoms with Gasteiger partial charge in [0.15, 0.2) is 0 Å². The fraction of sp³-hybridized carbons (Fsp3) is 0.429. The molecule has 19 heavy (non-hydrogen) atoms. The van der Waals surface area contributed by atoms with E-state index in [-0.39, 0.29) is 10.6 Å². The summed E-state index contributed by atoms with van der Waals surface area (Å²) in [5.74, 6) is 0. The molecule has 1 aliphatic rings. The Morgan fingerprint density at radius 3 is 3.00 bits per heavy atom. The Balaban J connectivity index is 1.94. The second-order valence-electron chi connectivity index (χ2n) is 4.70. The monoisotopic (exact) mass is 261 g/mol. The number of benzene rings is 1. The van der Waals surface area contributed by atoms with Gasteiger partial charge < -0.3 is 10.6 Å². The van der Waals surface area contributed by atoms with E-state index >= 15 is 0 Å². The van der Waals surface area contributed by atoms with Gasteiger partial charge in [-0.25, -0.2) is 0 Å². The minimum absolute atomic E-state index is 0.172. The zero-order valence-electron chi connectivity index (χ0n) is 11.1. The topological polar surface area (TPSA) is 67.2 Å². The molecule has 0 atom stereocenters.